The molecule has 1 aromatic rings. The predicted molar refractivity (Wildman–Crippen MR) is 77.6 cm³/mol. The van der Waals surface area contributed by atoms with E-state index in [0.717, 1.165) is 24.4 Å². The summed E-state index contributed by atoms with van der Waals surface area (Å²) in [6.07, 6.45) is 4.80. The molecule has 2 unspecified atom stereocenters. The quantitative estimate of drug-likeness (QED) is 0.895. The van der Waals surface area contributed by atoms with Crippen molar-refractivity contribution < 1.29 is 8.42 Å². The first kappa shape index (κ1) is 14.3. The third-order valence-corrected chi connectivity index (χ3v) is 4.94. The van der Waals surface area contributed by atoms with Crippen LogP contribution < -0.4 is 10.5 Å². The normalized spacial score (nSPS) is 24.2. The van der Waals surface area contributed by atoms with Crippen molar-refractivity contribution in [3.63, 3.8) is 0 Å². The van der Waals surface area contributed by atoms with Gasteiger partial charge < -0.3 is 5.32 Å². The molecule has 2 rings (SSSR count). The molecule has 0 heterocycles. The lowest BCUT2D eigenvalue weighted by molar-refractivity contribution is 0.358. The summed E-state index contributed by atoms with van der Waals surface area (Å²) in [6.45, 7) is 4.07. The Hall–Kier alpha value is -1.07. The number of nitrogens with two attached hydrogens (primary N) is 1. The lowest BCUT2D eigenvalue weighted by atomic mass is 9.87. The van der Waals surface area contributed by atoms with Gasteiger partial charge in [0.05, 0.1) is 4.90 Å². The number of primary sulfonamides is 1. The maximum atomic E-state index is 11.5. The molecule has 0 aliphatic heterocycles. The second-order valence-corrected chi connectivity index (χ2v) is 7.12. The van der Waals surface area contributed by atoms with E-state index in [-0.39, 0.29) is 4.90 Å². The van der Waals surface area contributed by atoms with Gasteiger partial charge in [0.25, 0.3) is 0 Å². The number of anilines is 1. The Kier molecular flexibility index (Phi) is 4.16. The zero-order valence-electron chi connectivity index (χ0n) is 11.5. The molecular formula is C14H22N2O2S. The summed E-state index contributed by atoms with van der Waals surface area (Å²) in [6, 6.07) is 5.64. The van der Waals surface area contributed by atoms with Crippen LogP contribution in [0.2, 0.25) is 0 Å². The SMILES string of the molecule is Cc1c(NC2CCCC(C)C2)cccc1S(N)(=O)=O. The largest absolute Gasteiger partial charge is 0.382 e. The number of hydrogen-bond donors (Lipinski definition) is 2. The van der Waals surface area contributed by atoms with Crippen molar-refractivity contribution in [2.45, 2.75) is 50.5 Å². The third-order valence-electron chi connectivity index (χ3n) is 3.89. The highest BCUT2D eigenvalue weighted by Crippen LogP contribution is 2.29. The Labute approximate surface area is 115 Å². The van der Waals surface area contributed by atoms with Crippen molar-refractivity contribution in [1.29, 1.82) is 0 Å². The Morgan fingerprint density at radius 1 is 1.32 bits per heavy atom. The summed E-state index contributed by atoms with van der Waals surface area (Å²) in [5.41, 5.74) is 1.59. The van der Waals surface area contributed by atoms with Crippen LogP contribution in [0.15, 0.2) is 23.1 Å². The van der Waals surface area contributed by atoms with E-state index >= 15 is 0 Å². The highest BCUT2D eigenvalue weighted by Gasteiger charge is 2.20. The molecule has 1 aromatic carbocycles. The molecule has 0 bridgehead atoms. The molecule has 1 aliphatic rings. The van der Waals surface area contributed by atoms with Crippen LogP contribution in [-0.2, 0) is 10.0 Å². The van der Waals surface area contributed by atoms with Crippen LogP contribution in [0.5, 0.6) is 0 Å². The van der Waals surface area contributed by atoms with E-state index in [1.807, 2.05) is 6.07 Å². The zero-order chi connectivity index (χ0) is 14.0. The van der Waals surface area contributed by atoms with Crippen molar-refractivity contribution in [3.05, 3.63) is 23.8 Å². The molecule has 0 radical (unpaired) electrons. The molecule has 3 N–H and O–H groups in total. The summed E-state index contributed by atoms with van der Waals surface area (Å²) in [5.74, 6) is 0.730. The minimum absolute atomic E-state index is 0.210. The van der Waals surface area contributed by atoms with Crippen LogP contribution >= 0.6 is 0 Å². The molecule has 106 valence electrons. The van der Waals surface area contributed by atoms with Crippen molar-refractivity contribution in [1.82, 2.24) is 0 Å². The van der Waals surface area contributed by atoms with E-state index in [2.05, 4.69) is 12.2 Å². The first-order valence-corrected chi connectivity index (χ1v) is 8.31. The lowest BCUT2D eigenvalue weighted by Gasteiger charge is -2.29. The van der Waals surface area contributed by atoms with E-state index in [4.69, 9.17) is 5.14 Å². The molecule has 4 nitrogen and oxygen atoms in total. The van der Waals surface area contributed by atoms with Crippen molar-refractivity contribution in [2.75, 3.05) is 5.32 Å². The van der Waals surface area contributed by atoms with E-state index in [1.54, 1.807) is 19.1 Å². The second kappa shape index (κ2) is 5.51. The van der Waals surface area contributed by atoms with Crippen LogP contribution in [-0.4, -0.2) is 14.5 Å². The zero-order valence-corrected chi connectivity index (χ0v) is 12.3. The highest BCUT2D eigenvalue weighted by molar-refractivity contribution is 7.89. The molecule has 5 heteroatoms. The maximum Gasteiger partial charge on any atom is 0.238 e. The van der Waals surface area contributed by atoms with Gasteiger partial charge in [-0.05, 0) is 43.4 Å². The van der Waals surface area contributed by atoms with Crippen LogP contribution in [0.1, 0.15) is 38.2 Å². The van der Waals surface area contributed by atoms with Gasteiger partial charge in [-0.25, -0.2) is 13.6 Å². The van der Waals surface area contributed by atoms with E-state index in [0.29, 0.717) is 11.6 Å². The van der Waals surface area contributed by atoms with Crippen LogP contribution in [0, 0.1) is 12.8 Å². The summed E-state index contributed by atoms with van der Waals surface area (Å²) in [5, 5.41) is 8.70. The standard InChI is InChI=1S/C14H22N2O2S/c1-10-5-3-6-12(9-10)16-13-7-4-8-14(11(13)2)19(15,17)18/h4,7-8,10,12,16H,3,5-6,9H2,1-2H3,(H2,15,17,18). The Morgan fingerprint density at radius 2 is 2.05 bits per heavy atom. The maximum absolute atomic E-state index is 11.5. The molecule has 2 atom stereocenters. The van der Waals surface area contributed by atoms with Crippen molar-refractivity contribution in [2.24, 2.45) is 11.1 Å². The summed E-state index contributed by atoms with van der Waals surface area (Å²) >= 11 is 0. The predicted octanol–water partition coefficient (Wildman–Crippen LogP) is 2.63. The lowest BCUT2D eigenvalue weighted by Crippen LogP contribution is -2.27. The highest BCUT2D eigenvalue weighted by atomic mass is 32.2. The topological polar surface area (TPSA) is 72.2 Å². The average Bonchev–Trinajstić information content (AvgIpc) is 2.30. The molecule has 1 saturated carbocycles. The molecule has 0 saturated heterocycles. The third kappa shape index (κ3) is 3.48. The van der Waals surface area contributed by atoms with Gasteiger partial charge in [0.2, 0.25) is 10.0 Å². The number of rotatable bonds is 3. The van der Waals surface area contributed by atoms with Gasteiger partial charge in [0, 0.05) is 11.7 Å². The van der Waals surface area contributed by atoms with Crippen LogP contribution in [0.3, 0.4) is 0 Å². The van der Waals surface area contributed by atoms with Gasteiger partial charge in [0.1, 0.15) is 0 Å². The van der Waals surface area contributed by atoms with Gasteiger partial charge in [-0.3, -0.25) is 0 Å². The molecular weight excluding hydrogens is 260 g/mol. The first-order valence-electron chi connectivity index (χ1n) is 6.77. The molecule has 1 aliphatic carbocycles. The van der Waals surface area contributed by atoms with Gasteiger partial charge >= 0.3 is 0 Å². The molecule has 19 heavy (non-hydrogen) atoms. The molecule has 0 aromatic heterocycles. The fraction of sp³-hybridized carbons (Fsp3) is 0.571. The fourth-order valence-electron chi connectivity index (χ4n) is 2.86. The monoisotopic (exact) mass is 282 g/mol. The molecule has 0 amide bonds. The minimum Gasteiger partial charge on any atom is -0.382 e. The van der Waals surface area contributed by atoms with Gasteiger partial charge in [-0.15, -0.1) is 0 Å². The minimum atomic E-state index is -3.65. The van der Waals surface area contributed by atoms with Crippen molar-refractivity contribution >= 4 is 15.7 Å². The van der Waals surface area contributed by atoms with E-state index in [1.165, 1.54) is 12.8 Å². The Morgan fingerprint density at radius 3 is 2.68 bits per heavy atom. The number of hydrogen-bond acceptors (Lipinski definition) is 3. The number of benzene rings is 1. The second-order valence-electron chi connectivity index (χ2n) is 5.59. The van der Waals surface area contributed by atoms with Crippen LogP contribution in [0.25, 0.3) is 0 Å². The summed E-state index contributed by atoms with van der Waals surface area (Å²) in [7, 11) is -3.65. The Bertz CT molecular complexity index is 555. The molecule has 0 spiro atoms. The summed E-state index contributed by atoms with van der Waals surface area (Å²) < 4.78 is 23.0. The number of sulfonamides is 1. The van der Waals surface area contributed by atoms with Crippen molar-refractivity contribution in [3.8, 4) is 0 Å². The number of nitrogens with one attached hydrogen (secondary N) is 1. The van der Waals surface area contributed by atoms with E-state index < -0.39 is 10.0 Å². The van der Waals surface area contributed by atoms with Gasteiger partial charge in [-0.2, -0.15) is 0 Å². The first-order chi connectivity index (χ1) is 8.88. The molecule has 1 fully saturated rings. The van der Waals surface area contributed by atoms with E-state index in [9.17, 15) is 8.42 Å². The average molecular weight is 282 g/mol. The fourth-order valence-corrected chi connectivity index (χ4v) is 3.67. The van der Waals surface area contributed by atoms with Gasteiger partial charge in [0.15, 0.2) is 0 Å². The van der Waals surface area contributed by atoms with Gasteiger partial charge in [-0.1, -0.05) is 25.8 Å². The van der Waals surface area contributed by atoms with Crippen LogP contribution in [0.4, 0.5) is 5.69 Å². The Balaban J connectivity index is 2.21. The smallest absolute Gasteiger partial charge is 0.238 e. The summed E-state index contributed by atoms with van der Waals surface area (Å²) in [4.78, 5) is 0.210.